The zero-order chi connectivity index (χ0) is 21.3. The quantitative estimate of drug-likeness (QED) is 0.437. The summed E-state index contributed by atoms with van der Waals surface area (Å²) in [5.74, 6) is -1.02. The number of nitrogens with zero attached hydrogens (tertiary/aromatic N) is 3. The predicted molar refractivity (Wildman–Crippen MR) is 115 cm³/mol. The molecule has 30 heavy (non-hydrogen) atoms. The fourth-order valence-electron chi connectivity index (χ4n) is 3.18. The number of aliphatic hydroxyl groups is 1. The monoisotopic (exact) mass is 439 g/mol. The molecule has 7 nitrogen and oxygen atoms in total. The summed E-state index contributed by atoms with van der Waals surface area (Å²) >= 11 is 2.47. The topological polar surface area (TPSA) is 92.6 Å². The highest BCUT2D eigenvalue weighted by Gasteiger charge is 2.46. The second kappa shape index (κ2) is 8.21. The lowest BCUT2D eigenvalue weighted by atomic mass is 9.95. The van der Waals surface area contributed by atoms with Gasteiger partial charge in [-0.05, 0) is 36.1 Å². The highest BCUT2D eigenvalue weighted by atomic mass is 32.1. The van der Waals surface area contributed by atoms with Gasteiger partial charge in [-0.15, -0.1) is 21.5 Å². The van der Waals surface area contributed by atoms with Crippen LogP contribution in [0.5, 0.6) is 5.75 Å². The molecule has 4 rings (SSSR count). The van der Waals surface area contributed by atoms with E-state index in [-0.39, 0.29) is 5.57 Å². The number of aromatic nitrogens is 2. The van der Waals surface area contributed by atoms with E-state index in [1.54, 1.807) is 54.8 Å². The Morgan fingerprint density at radius 1 is 1.30 bits per heavy atom. The van der Waals surface area contributed by atoms with E-state index in [1.165, 1.54) is 27.6 Å². The van der Waals surface area contributed by atoms with E-state index in [2.05, 4.69) is 16.8 Å². The lowest BCUT2D eigenvalue weighted by Gasteiger charge is -2.24. The first-order valence-corrected chi connectivity index (χ1v) is 10.7. The lowest BCUT2D eigenvalue weighted by Crippen LogP contribution is -2.31. The standard InChI is InChI=1S/C21H17N3O4S2/c1-3-10-28-14-8-6-13(7-9-14)17-16(18(25)15-5-4-11-29-15)19(26)20(27)24(17)21-23-22-12(2)30-21/h3-9,11,17,26H,1,10H2,2H3/t17-/m1/s1. The van der Waals surface area contributed by atoms with Crippen LogP contribution in [0, 0.1) is 6.92 Å². The molecule has 3 aromatic rings. The zero-order valence-corrected chi connectivity index (χ0v) is 17.6. The largest absolute Gasteiger partial charge is 0.503 e. The maximum absolute atomic E-state index is 13.2. The zero-order valence-electron chi connectivity index (χ0n) is 15.9. The van der Waals surface area contributed by atoms with Crippen molar-refractivity contribution in [2.45, 2.75) is 13.0 Å². The molecule has 1 N–H and O–H groups in total. The van der Waals surface area contributed by atoms with E-state index in [1.807, 2.05) is 0 Å². The summed E-state index contributed by atoms with van der Waals surface area (Å²) in [7, 11) is 0. The van der Waals surface area contributed by atoms with E-state index >= 15 is 0 Å². The Labute approximate surface area is 180 Å². The minimum Gasteiger partial charge on any atom is -0.503 e. The first-order valence-electron chi connectivity index (χ1n) is 9.00. The van der Waals surface area contributed by atoms with E-state index in [0.29, 0.717) is 32.9 Å². The Morgan fingerprint density at radius 3 is 2.67 bits per heavy atom. The van der Waals surface area contributed by atoms with Gasteiger partial charge in [0.05, 0.1) is 16.5 Å². The van der Waals surface area contributed by atoms with Gasteiger partial charge in [-0.25, -0.2) is 0 Å². The normalized spacial score (nSPS) is 16.2. The van der Waals surface area contributed by atoms with E-state index < -0.39 is 23.5 Å². The van der Waals surface area contributed by atoms with Crippen LogP contribution in [0.4, 0.5) is 5.13 Å². The van der Waals surface area contributed by atoms with Crippen LogP contribution in [-0.4, -0.2) is 33.6 Å². The third kappa shape index (κ3) is 3.53. The van der Waals surface area contributed by atoms with E-state index in [4.69, 9.17) is 4.74 Å². The van der Waals surface area contributed by atoms with E-state index in [0.717, 1.165) is 0 Å². The molecular weight excluding hydrogens is 422 g/mol. The number of aliphatic hydroxyl groups excluding tert-OH is 1. The number of hydrogen-bond donors (Lipinski definition) is 1. The molecule has 2 aromatic heterocycles. The number of hydrogen-bond acceptors (Lipinski definition) is 8. The summed E-state index contributed by atoms with van der Waals surface area (Å²) in [6.07, 6.45) is 1.64. The van der Waals surface area contributed by atoms with Crippen molar-refractivity contribution in [1.82, 2.24) is 10.2 Å². The Balaban J connectivity index is 1.80. The molecule has 9 heteroatoms. The second-order valence-corrected chi connectivity index (χ2v) is 8.53. The third-order valence-electron chi connectivity index (χ3n) is 4.48. The van der Waals surface area contributed by atoms with Crippen molar-refractivity contribution in [3.8, 4) is 5.75 Å². The minimum absolute atomic E-state index is 0.0232. The molecule has 0 fully saturated rings. The van der Waals surface area contributed by atoms with Gasteiger partial charge in [0.1, 0.15) is 17.4 Å². The maximum Gasteiger partial charge on any atom is 0.296 e. The summed E-state index contributed by atoms with van der Waals surface area (Å²) in [5, 5.41) is 21.5. The fourth-order valence-corrected chi connectivity index (χ4v) is 4.57. The van der Waals surface area contributed by atoms with Gasteiger partial charge in [0.25, 0.3) is 5.91 Å². The molecule has 0 saturated carbocycles. The van der Waals surface area contributed by atoms with Crippen LogP contribution in [0.15, 0.2) is 65.8 Å². The number of ketones is 1. The van der Waals surface area contributed by atoms with Crippen LogP contribution in [0.1, 0.15) is 26.3 Å². The van der Waals surface area contributed by atoms with Crippen molar-refractivity contribution in [1.29, 1.82) is 0 Å². The SMILES string of the molecule is C=CCOc1ccc([C@@H]2C(C(=O)c3cccs3)=C(O)C(=O)N2c2nnc(C)s2)cc1. The number of thiophene rings is 1. The summed E-state index contributed by atoms with van der Waals surface area (Å²) in [4.78, 5) is 27.9. The molecule has 3 heterocycles. The Hall–Kier alpha value is -3.30. The van der Waals surface area contributed by atoms with Crippen LogP contribution >= 0.6 is 22.7 Å². The number of amides is 1. The van der Waals surface area contributed by atoms with Crippen LogP contribution in [-0.2, 0) is 4.79 Å². The molecule has 0 saturated heterocycles. The molecule has 1 aliphatic heterocycles. The number of benzene rings is 1. The number of rotatable bonds is 7. The number of aryl methyl sites for hydroxylation is 1. The van der Waals surface area contributed by atoms with Crippen LogP contribution in [0.3, 0.4) is 0 Å². The molecule has 0 spiro atoms. The lowest BCUT2D eigenvalue weighted by molar-refractivity contribution is -0.117. The van der Waals surface area contributed by atoms with Crippen LogP contribution < -0.4 is 9.64 Å². The molecule has 0 bridgehead atoms. The van der Waals surface area contributed by atoms with Crippen LogP contribution in [0.2, 0.25) is 0 Å². The molecule has 1 amide bonds. The molecule has 0 radical (unpaired) electrons. The van der Waals surface area contributed by atoms with Crippen molar-refractivity contribution in [3.63, 3.8) is 0 Å². The molecule has 1 atom stereocenters. The van der Waals surface area contributed by atoms with Crippen molar-refractivity contribution in [3.05, 3.63) is 81.2 Å². The first-order chi connectivity index (χ1) is 14.5. The maximum atomic E-state index is 13.2. The number of anilines is 1. The van der Waals surface area contributed by atoms with Crippen molar-refractivity contribution >= 4 is 39.5 Å². The van der Waals surface area contributed by atoms with Gasteiger partial charge in [0.2, 0.25) is 10.9 Å². The third-order valence-corrected chi connectivity index (χ3v) is 6.19. The molecule has 1 aliphatic rings. The summed E-state index contributed by atoms with van der Waals surface area (Å²) in [6, 6.07) is 9.60. The van der Waals surface area contributed by atoms with Gasteiger partial charge in [-0.2, -0.15) is 0 Å². The molecular formula is C21H17N3O4S2. The Kier molecular flexibility index (Phi) is 5.47. The average Bonchev–Trinajstić information content (AvgIpc) is 3.48. The minimum atomic E-state index is -0.826. The summed E-state index contributed by atoms with van der Waals surface area (Å²) in [6.45, 7) is 5.75. The Bertz CT molecular complexity index is 1130. The Morgan fingerprint density at radius 2 is 2.07 bits per heavy atom. The molecule has 0 aliphatic carbocycles. The average molecular weight is 440 g/mol. The second-order valence-electron chi connectivity index (χ2n) is 6.42. The molecule has 0 unspecified atom stereocenters. The molecule has 152 valence electrons. The van der Waals surface area contributed by atoms with Crippen molar-refractivity contribution < 1.29 is 19.4 Å². The van der Waals surface area contributed by atoms with Crippen LogP contribution in [0.25, 0.3) is 0 Å². The van der Waals surface area contributed by atoms with E-state index in [9.17, 15) is 14.7 Å². The highest BCUT2D eigenvalue weighted by Crippen LogP contribution is 2.43. The van der Waals surface area contributed by atoms with Gasteiger partial charge >= 0.3 is 0 Å². The van der Waals surface area contributed by atoms with Gasteiger partial charge in [0.15, 0.2) is 5.76 Å². The van der Waals surface area contributed by atoms with Crippen molar-refractivity contribution in [2.75, 3.05) is 11.5 Å². The number of ether oxygens (including phenoxy) is 1. The highest BCUT2D eigenvalue weighted by molar-refractivity contribution is 7.15. The van der Waals surface area contributed by atoms with Crippen molar-refractivity contribution in [2.24, 2.45) is 0 Å². The summed E-state index contributed by atoms with van der Waals surface area (Å²) < 4.78 is 5.52. The van der Waals surface area contributed by atoms with Gasteiger partial charge < -0.3 is 9.84 Å². The number of Topliss-reactive ketones (excluding diaryl/α,β-unsaturated/α-hetero) is 1. The fraction of sp³-hybridized carbons (Fsp3) is 0.143. The summed E-state index contributed by atoms with van der Waals surface area (Å²) in [5.41, 5.74) is 0.668. The number of carbonyl (C=O) groups is 2. The first kappa shape index (κ1) is 20.0. The number of carbonyl (C=O) groups excluding carboxylic acids is 2. The smallest absolute Gasteiger partial charge is 0.296 e. The van der Waals surface area contributed by atoms with Gasteiger partial charge in [-0.3, -0.25) is 14.5 Å². The predicted octanol–water partition coefficient (Wildman–Crippen LogP) is 4.26. The van der Waals surface area contributed by atoms with Gasteiger partial charge in [0, 0.05) is 0 Å². The molecule has 1 aromatic carbocycles. The van der Waals surface area contributed by atoms with Gasteiger partial charge in [-0.1, -0.05) is 42.2 Å².